The van der Waals surface area contributed by atoms with Gasteiger partial charge in [0.15, 0.2) is 11.5 Å². The summed E-state index contributed by atoms with van der Waals surface area (Å²) in [6.45, 7) is 5.66. The number of ether oxygens (including phenoxy) is 8. The van der Waals surface area contributed by atoms with Crippen LogP contribution in [0.25, 0.3) is 0 Å². The highest BCUT2D eigenvalue weighted by Gasteiger charge is 2.89. The number of nitrogens with zero attached hydrogens (tertiary/aromatic N) is 1. The first-order chi connectivity index (χ1) is 30.6. The van der Waals surface area contributed by atoms with Crippen LogP contribution in [0.4, 0.5) is 0 Å². The van der Waals surface area contributed by atoms with Gasteiger partial charge in [-0.1, -0.05) is 104 Å². The number of fused-ring (bicyclic) bond motifs is 2. The van der Waals surface area contributed by atoms with E-state index < -0.39 is 40.9 Å². The predicted octanol–water partition coefficient (Wildman–Crippen LogP) is 8.57. The Kier molecular flexibility index (Phi) is 16.2. The highest BCUT2D eigenvalue weighted by Crippen LogP contribution is 2.79. The van der Waals surface area contributed by atoms with E-state index in [9.17, 15) is 14.7 Å². The zero-order valence-electron chi connectivity index (χ0n) is 39.9. The van der Waals surface area contributed by atoms with Crippen LogP contribution in [0.15, 0.2) is 18.2 Å². The summed E-state index contributed by atoms with van der Waals surface area (Å²) in [7, 11) is 10.0. The molecule has 0 radical (unpaired) electrons. The lowest BCUT2D eigenvalue weighted by Gasteiger charge is -2.69. The molecule has 0 amide bonds. The molecule has 12 nitrogen and oxygen atoms in total. The van der Waals surface area contributed by atoms with E-state index in [-0.39, 0.29) is 53.8 Å². The normalized spacial score (nSPS) is 37.2. The number of piperidine rings is 1. The number of aliphatic hydroxyl groups is 1. The molecule has 63 heavy (non-hydrogen) atoms. The number of methoxy groups -OCH3 is 6. The number of carbonyl (C=O) groups is 2. The molecule has 14 atom stereocenters. The van der Waals surface area contributed by atoms with Gasteiger partial charge in [0.2, 0.25) is 0 Å². The summed E-state index contributed by atoms with van der Waals surface area (Å²) in [4.78, 5) is 31.4. The van der Waals surface area contributed by atoms with Crippen LogP contribution in [0.2, 0.25) is 0 Å². The Morgan fingerprint density at radius 2 is 1.37 bits per heavy atom. The first kappa shape index (κ1) is 48.5. The van der Waals surface area contributed by atoms with Crippen molar-refractivity contribution in [3.05, 3.63) is 23.8 Å². The fraction of sp³-hybridized carbons (Fsp3) is 0.843. The van der Waals surface area contributed by atoms with Gasteiger partial charge in [0.05, 0.1) is 44.2 Å². The smallest absolute Gasteiger partial charge is 0.338 e. The third kappa shape index (κ3) is 8.36. The summed E-state index contributed by atoms with van der Waals surface area (Å²) in [5.74, 6) is -1.03. The maximum absolute atomic E-state index is 14.6. The molecule has 1 aromatic carbocycles. The van der Waals surface area contributed by atoms with Crippen molar-refractivity contribution in [2.75, 3.05) is 55.7 Å². The first-order valence-electron chi connectivity index (χ1n) is 24.8. The molecular formula is C51H81NO11. The van der Waals surface area contributed by atoms with Gasteiger partial charge in [-0.2, -0.15) is 0 Å². The van der Waals surface area contributed by atoms with Gasteiger partial charge in [0, 0.05) is 89.4 Å². The average Bonchev–Trinajstić information content (AvgIpc) is 3.72. The largest absolute Gasteiger partial charge is 0.493 e. The summed E-state index contributed by atoms with van der Waals surface area (Å²) in [5.41, 5.74) is -2.26. The molecule has 1 aromatic rings. The molecule has 356 valence electrons. The van der Waals surface area contributed by atoms with Gasteiger partial charge in [-0.25, -0.2) is 4.79 Å². The van der Waals surface area contributed by atoms with Crippen LogP contribution in [0, 0.1) is 35.0 Å². The van der Waals surface area contributed by atoms with Crippen molar-refractivity contribution in [2.45, 2.75) is 184 Å². The van der Waals surface area contributed by atoms with E-state index >= 15 is 0 Å². The first-order valence-corrected chi connectivity index (χ1v) is 24.8. The number of hydrogen-bond acceptors (Lipinski definition) is 12. The number of unbranched alkanes of at least 4 members (excludes halogenated alkanes) is 14. The van der Waals surface area contributed by atoms with E-state index in [1.54, 1.807) is 60.9 Å². The summed E-state index contributed by atoms with van der Waals surface area (Å²) < 4.78 is 51.2. The van der Waals surface area contributed by atoms with Crippen LogP contribution < -0.4 is 9.47 Å². The standard InChI is InChI=1S/C51H81NO11/c1-9-11-12-13-14-15-16-17-18-19-20-21-22-23-24-25-41(54)63-49-31-38(58-5)34-29-35(42(49)44(34)62-48(55)33-26-27-36(56-3)37(28-33)57-4)51-40(59-6)30-39(53)50(61-8)32-52(10-2)47(51)43(49)45(60-7)46(50)51/h26-28,34-35,38-40,42-47,53H,9-25,29-32H2,1-8H3/t34-,35-,38+,39-,40+,42-,43-,44+,45+,46-,47?,49-,50+,51?/m1/s1. The molecule has 6 aliphatic rings. The Labute approximate surface area is 378 Å². The monoisotopic (exact) mass is 884 g/mol. The van der Waals surface area contributed by atoms with Crippen molar-refractivity contribution in [2.24, 2.45) is 35.0 Å². The lowest BCUT2D eigenvalue weighted by molar-refractivity contribution is -0.312. The molecule has 1 aliphatic heterocycles. The Balaban J connectivity index is 1.14. The van der Waals surface area contributed by atoms with Gasteiger partial charge >= 0.3 is 11.9 Å². The fourth-order valence-electron chi connectivity index (χ4n) is 14.9. The van der Waals surface area contributed by atoms with Gasteiger partial charge in [0.1, 0.15) is 17.3 Å². The van der Waals surface area contributed by atoms with Gasteiger partial charge in [-0.05, 0) is 43.5 Å². The van der Waals surface area contributed by atoms with Crippen molar-refractivity contribution in [1.82, 2.24) is 4.90 Å². The predicted molar refractivity (Wildman–Crippen MR) is 240 cm³/mol. The highest BCUT2D eigenvalue weighted by atomic mass is 16.6. The zero-order valence-corrected chi connectivity index (χ0v) is 39.9. The van der Waals surface area contributed by atoms with Gasteiger partial charge in [0.25, 0.3) is 0 Å². The minimum absolute atomic E-state index is 0.102. The average molecular weight is 884 g/mol. The van der Waals surface area contributed by atoms with Crippen molar-refractivity contribution in [3.63, 3.8) is 0 Å². The summed E-state index contributed by atoms with van der Waals surface area (Å²) in [6.07, 6.45) is 18.1. The molecular weight excluding hydrogens is 803 g/mol. The van der Waals surface area contributed by atoms with Crippen molar-refractivity contribution < 1.29 is 52.6 Å². The molecule has 5 aliphatic carbocycles. The Morgan fingerprint density at radius 3 is 1.92 bits per heavy atom. The maximum Gasteiger partial charge on any atom is 0.338 e. The molecule has 6 fully saturated rings. The van der Waals surface area contributed by atoms with E-state index in [4.69, 9.17) is 37.9 Å². The Bertz CT molecular complexity index is 1680. The van der Waals surface area contributed by atoms with E-state index in [0.29, 0.717) is 55.8 Å². The number of esters is 2. The van der Waals surface area contributed by atoms with E-state index in [1.807, 2.05) is 0 Å². The van der Waals surface area contributed by atoms with Crippen LogP contribution in [0.3, 0.4) is 0 Å². The number of carbonyl (C=O) groups excluding carboxylic acids is 2. The quantitative estimate of drug-likeness (QED) is 0.0707. The number of benzene rings is 1. The summed E-state index contributed by atoms with van der Waals surface area (Å²) in [5, 5.41) is 12.2. The van der Waals surface area contributed by atoms with Crippen LogP contribution in [-0.2, 0) is 33.2 Å². The molecule has 1 heterocycles. The van der Waals surface area contributed by atoms with Crippen molar-refractivity contribution in [3.8, 4) is 11.5 Å². The van der Waals surface area contributed by atoms with E-state index in [1.165, 1.54) is 77.0 Å². The van der Waals surface area contributed by atoms with Gasteiger partial charge in [-0.3, -0.25) is 9.69 Å². The topological polar surface area (TPSA) is 131 Å². The third-order valence-electron chi connectivity index (χ3n) is 17.3. The molecule has 1 N–H and O–H groups in total. The molecule has 1 saturated heterocycles. The second-order valence-corrected chi connectivity index (χ2v) is 19.9. The van der Waals surface area contributed by atoms with Crippen LogP contribution in [0.1, 0.15) is 146 Å². The lowest BCUT2D eigenvalue weighted by Crippen LogP contribution is -2.80. The molecule has 7 rings (SSSR count). The van der Waals surface area contributed by atoms with Crippen LogP contribution in [0.5, 0.6) is 11.5 Å². The van der Waals surface area contributed by atoms with Crippen LogP contribution in [-0.4, -0.2) is 125 Å². The third-order valence-corrected chi connectivity index (χ3v) is 17.3. The number of rotatable bonds is 26. The second kappa shape index (κ2) is 21.0. The molecule has 0 aromatic heterocycles. The lowest BCUT2D eigenvalue weighted by atomic mass is 9.44. The fourth-order valence-corrected chi connectivity index (χ4v) is 14.9. The van der Waals surface area contributed by atoms with Crippen molar-refractivity contribution in [1.29, 1.82) is 0 Å². The minimum atomic E-state index is -1.10. The molecule has 5 saturated carbocycles. The van der Waals surface area contributed by atoms with Gasteiger partial charge in [-0.15, -0.1) is 0 Å². The number of hydrogen-bond donors (Lipinski definition) is 1. The SMILES string of the molecule is CCCCCCCCCCCCCCCCCC(=O)O[C@]12C[C@H](OC)[C@H]3C[C@H]([C@@H]1[C@H]3OC(=O)c1ccc(OC)c(OC)c1)C13C4[C@H]2[C@H](OC)[C@@H]1[C@](OC)(CN4CC)[C@H](O)C[C@@H]3OC. The zero-order chi connectivity index (χ0) is 44.9. The number of likely N-dealkylation sites (N-methyl/N-ethyl adjacent to an activating group) is 1. The van der Waals surface area contributed by atoms with E-state index in [2.05, 4.69) is 18.7 Å². The molecule has 7 bridgehead atoms. The number of likely N-dealkylation sites (tertiary alicyclic amines) is 1. The van der Waals surface area contributed by atoms with Crippen LogP contribution >= 0.6 is 0 Å². The van der Waals surface area contributed by atoms with E-state index in [0.717, 1.165) is 19.3 Å². The minimum Gasteiger partial charge on any atom is -0.493 e. The summed E-state index contributed by atoms with van der Waals surface area (Å²) >= 11 is 0. The van der Waals surface area contributed by atoms with Gasteiger partial charge < -0.3 is 43.0 Å². The molecule has 2 unspecified atom stereocenters. The highest BCUT2D eigenvalue weighted by molar-refractivity contribution is 5.90. The summed E-state index contributed by atoms with van der Waals surface area (Å²) in [6, 6.07) is 4.95. The maximum atomic E-state index is 14.6. The second-order valence-electron chi connectivity index (χ2n) is 19.9. The molecule has 1 spiro atoms. The Hall–Kier alpha value is -2.48. The van der Waals surface area contributed by atoms with Crippen molar-refractivity contribution >= 4 is 11.9 Å². The number of aliphatic hydroxyl groups excluding tert-OH is 1. The molecule has 12 heteroatoms. The Morgan fingerprint density at radius 1 is 0.730 bits per heavy atom.